The van der Waals surface area contributed by atoms with Crippen molar-refractivity contribution in [3.63, 3.8) is 0 Å². The maximum atomic E-state index is 11.1. The number of carbonyl (C=O) groups excluding carboxylic acids is 2. The summed E-state index contributed by atoms with van der Waals surface area (Å²) >= 11 is 3.76. The lowest BCUT2D eigenvalue weighted by molar-refractivity contribution is -0.142. The predicted octanol–water partition coefficient (Wildman–Crippen LogP) is 0.0818. The summed E-state index contributed by atoms with van der Waals surface area (Å²) in [5.41, 5.74) is 0. The van der Waals surface area contributed by atoms with Gasteiger partial charge in [0.2, 0.25) is 5.91 Å². The zero-order valence-corrected chi connectivity index (χ0v) is 8.26. The number of hydrogen-bond donors (Lipinski definition) is 1. The molecule has 0 saturated carbocycles. The molecular formula is C8H13NO3S. The fourth-order valence-electron chi connectivity index (χ4n) is 1.26. The first-order chi connectivity index (χ1) is 6.24. The molecule has 0 bridgehead atoms. The Kier molecular flexibility index (Phi) is 4.08. The molecule has 0 radical (unpaired) electrons. The van der Waals surface area contributed by atoms with Crippen LogP contribution < -0.4 is 0 Å². The highest BCUT2D eigenvalue weighted by molar-refractivity contribution is 7.81. The zero-order valence-electron chi connectivity index (χ0n) is 7.36. The molecule has 1 aliphatic heterocycles. The van der Waals surface area contributed by atoms with E-state index in [4.69, 9.17) is 4.74 Å². The maximum Gasteiger partial charge on any atom is 0.315 e. The summed E-state index contributed by atoms with van der Waals surface area (Å²) < 4.78 is 4.79. The Morgan fingerprint density at radius 1 is 1.62 bits per heavy atom. The van der Waals surface area contributed by atoms with Crippen molar-refractivity contribution in [3.8, 4) is 0 Å². The number of hydrogen-bond acceptors (Lipinski definition) is 4. The van der Waals surface area contributed by atoms with Crippen LogP contribution in [0.4, 0.5) is 0 Å². The van der Waals surface area contributed by atoms with Crippen LogP contribution in [0, 0.1) is 0 Å². The van der Waals surface area contributed by atoms with Crippen LogP contribution in [0.1, 0.15) is 12.8 Å². The Morgan fingerprint density at radius 3 is 2.92 bits per heavy atom. The average molecular weight is 203 g/mol. The van der Waals surface area contributed by atoms with Crippen molar-refractivity contribution >= 4 is 24.5 Å². The summed E-state index contributed by atoms with van der Waals surface area (Å²) in [6.45, 7) is 1.58. The van der Waals surface area contributed by atoms with Gasteiger partial charge in [0, 0.05) is 13.0 Å². The van der Waals surface area contributed by atoms with Crippen LogP contribution in [0.2, 0.25) is 0 Å². The zero-order chi connectivity index (χ0) is 9.68. The number of ether oxygens (including phenoxy) is 1. The van der Waals surface area contributed by atoms with E-state index in [1.54, 1.807) is 4.90 Å². The monoisotopic (exact) mass is 203 g/mol. The van der Waals surface area contributed by atoms with E-state index in [0.717, 1.165) is 13.0 Å². The Morgan fingerprint density at radius 2 is 2.38 bits per heavy atom. The fraction of sp³-hybridized carbons (Fsp3) is 0.750. The van der Waals surface area contributed by atoms with Gasteiger partial charge in [-0.15, -0.1) is 0 Å². The van der Waals surface area contributed by atoms with Crippen molar-refractivity contribution in [2.45, 2.75) is 12.8 Å². The molecule has 0 atom stereocenters. The Balaban J connectivity index is 2.12. The van der Waals surface area contributed by atoms with Crippen LogP contribution >= 0.6 is 12.6 Å². The predicted molar refractivity (Wildman–Crippen MR) is 50.6 cm³/mol. The SMILES string of the molecule is O=C(CS)OCCN1CCCC1=O. The minimum atomic E-state index is -0.338. The molecule has 1 saturated heterocycles. The standard InChI is InChI=1S/C8H13NO3S/c10-7-2-1-3-9(7)4-5-12-8(11)6-13/h13H,1-6H2. The lowest BCUT2D eigenvalue weighted by Crippen LogP contribution is -2.29. The average Bonchev–Trinajstić information content (AvgIpc) is 2.52. The molecule has 0 aromatic rings. The first-order valence-electron chi connectivity index (χ1n) is 4.28. The van der Waals surface area contributed by atoms with Gasteiger partial charge in [0.25, 0.3) is 0 Å². The van der Waals surface area contributed by atoms with Gasteiger partial charge in [-0.25, -0.2) is 0 Å². The Bertz CT molecular complexity index is 208. The highest BCUT2D eigenvalue weighted by atomic mass is 32.1. The second-order valence-electron chi connectivity index (χ2n) is 2.86. The minimum absolute atomic E-state index is 0.0912. The van der Waals surface area contributed by atoms with Crippen LogP contribution in [0.5, 0.6) is 0 Å². The minimum Gasteiger partial charge on any atom is -0.463 e. The van der Waals surface area contributed by atoms with Crippen LogP contribution in [0.25, 0.3) is 0 Å². The largest absolute Gasteiger partial charge is 0.463 e. The van der Waals surface area contributed by atoms with Crippen molar-refractivity contribution in [3.05, 3.63) is 0 Å². The van der Waals surface area contributed by atoms with E-state index in [9.17, 15) is 9.59 Å². The molecule has 1 amide bonds. The molecule has 1 heterocycles. The van der Waals surface area contributed by atoms with Crippen LogP contribution in [-0.2, 0) is 14.3 Å². The molecule has 0 spiro atoms. The smallest absolute Gasteiger partial charge is 0.315 e. The summed E-state index contributed by atoms with van der Waals surface area (Å²) in [6.07, 6.45) is 1.54. The van der Waals surface area contributed by atoms with E-state index in [2.05, 4.69) is 12.6 Å². The van der Waals surface area contributed by atoms with Gasteiger partial charge in [-0.1, -0.05) is 0 Å². The van der Waals surface area contributed by atoms with Crippen molar-refractivity contribution in [2.24, 2.45) is 0 Å². The van der Waals surface area contributed by atoms with Gasteiger partial charge in [0.05, 0.1) is 12.3 Å². The first-order valence-corrected chi connectivity index (χ1v) is 4.91. The van der Waals surface area contributed by atoms with Crippen molar-refractivity contribution in [1.82, 2.24) is 4.90 Å². The molecule has 0 unspecified atom stereocenters. The summed E-state index contributed by atoms with van der Waals surface area (Å²) in [5.74, 6) is -0.0922. The highest BCUT2D eigenvalue weighted by Gasteiger charge is 2.19. The number of rotatable bonds is 4. The van der Waals surface area contributed by atoms with Crippen LogP contribution in [-0.4, -0.2) is 42.2 Å². The van der Waals surface area contributed by atoms with Crippen molar-refractivity contribution < 1.29 is 14.3 Å². The molecule has 5 heteroatoms. The van der Waals surface area contributed by atoms with E-state index in [1.165, 1.54) is 0 Å². The van der Waals surface area contributed by atoms with E-state index in [1.807, 2.05) is 0 Å². The molecule has 0 aliphatic carbocycles. The third kappa shape index (κ3) is 3.26. The van der Waals surface area contributed by atoms with E-state index in [-0.39, 0.29) is 24.2 Å². The maximum absolute atomic E-state index is 11.1. The summed E-state index contributed by atoms with van der Waals surface area (Å²) in [4.78, 5) is 23.5. The van der Waals surface area contributed by atoms with Gasteiger partial charge in [0.15, 0.2) is 0 Å². The number of nitrogens with zero attached hydrogens (tertiary/aromatic N) is 1. The molecule has 1 fully saturated rings. The Hall–Kier alpha value is -0.710. The molecule has 4 nitrogen and oxygen atoms in total. The molecule has 74 valence electrons. The number of likely N-dealkylation sites (tertiary alicyclic amines) is 1. The van der Waals surface area contributed by atoms with Gasteiger partial charge in [0.1, 0.15) is 6.61 Å². The summed E-state index contributed by atoms with van der Waals surface area (Å²) in [7, 11) is 0. The Labute approximate surface area is 82.6 Å². The molecule has 1 rings (SSSR count). The molecule has 0 aromatic carbocycles. The van der Waals surface area contributed by atoms with Gasteiger partial charge < -0.3 is 9.64 Å². The van der Waals surface area contributed by atoms with Gasteiger partial charge in [-0.2, -0.15) is 12.6 Å². The lowest BCUT2D eigenvalue weighted by atomic mass is 10.4. The second-order valence-corrected chi connectivity index (χ2v) is 3.18. The first kappa shape index (κ1) is 10.4. The van der Waals surface area contributed by atoms with Gasteiger partial charge in [-0.3, -0.25) is 9.59 Å². The summed E-state index contributed by atoms with van der Waals surface area (Å²) in [5, 5.41) is 0. The topological polar surface area (TPSA) is 46.6 Å². The van der Waals surface area contributed by atoms with Gasteiger partial charge in [-0.05, 0) is 6.42 Å². The number of thiol groups is 1. The van der Waals surface area contributed by atoms with E-state index < -0.39 is 0 Å². The quantitative estimate of drug-likeness (QED) is 0.520. The number of amides is 1. The normalized spacial score (nSPS) is 16.4. The van der Waals surface area contributed by atoms with E-state index in [0.29, 0.717) is 13.0 Å². The van der Waals surface area contributed by atoms with Crippen LogP contribution in [0.3, 0.4) is 0 Å². The molecule has 0 N–H and O–H groups in total. The summed E-state index contributed by atoms with van der Waals surface area (Å²) in [6, 6.07) is 0. The lowest BCUT2D eigenvalue weighted by Gasteiger charge is -2.14. The number of esters is 1. The molecular weight excluding hydrogens is 190 g/mol. The fourth-order valence-corrected chi connectivity index (χ4v) is 1.35. The third-order valence-corrected chi connectivity index (χ3v) is 2.18. The van der Waals surface area contributed by atoms with Crippen molar-refractivity contribution in [2.75, 3.05) is 25.4 Å². The third-order valence-electron chi connectivity index (χ3n) is 1.92. The van der Waals surface area contributed by atoms with Crippen molar-refractivity contribution in [1.29, 1.82) is 0 Å². The molecule has 1 aliphatic rings. The highest BCUT2D eigenvalue weighted by Crippen LogP contribution is 2.08. The molecule has 13 heavy (non-hydrogen) atoms. The van der Waals surface area contributed by atoms with E-state index >= 15 is 0 Å². The van der Waals surface area contributed by atoms with Gasteiger partial charge >= 0.3 is 5.97 Å². The van der Waals surface area contributed by atoms with Crippen LogP contribution in [0.15, 0.2) is 0 Å². The molecule has 0 aromatic heterocycles. The second kappa shape index (κ2) is 5.11. The number of carbonyl (C=O) groups is 2.